The van der Waals surface area contributed by atoms with Crippen LogP contribution < -0.4 is 4.90 Å². The van der Waals surface area contributed by atoms with Gasteiger partial charge in [-0.3, -0.25) is 4.79 Å². The van der Waals surface area contributed by atoms with Crippen LogP contribution in [0.4, 0.5) is 5.69 Å². The second-order valence-corrected chi connectivity index (χ2v) is 7.01. The third-order valence-corrected chi connectivity index (χ3v) is 5.10. The lowest BCUT2D eigenvalue weighted by molar-refractivity contribution is 0.0976. The van der Waals surface area contributed by atoms with Crippen molar-refractivity contribution in [2.45, 2.75) is 12.5 Å². The number of fused-ring (bicyclic) bond motifs is 1. The third kappa shape index (κ3) is 3.04. The summed E-state index contributed by atoms with van der Waals surface area (Å²) < 4.78 is 2.02. The topological polar surface area (TPSA) is 28.5 Å². The van der Waals surface area contributed by atoms with Gasteiger partial charge in [-0.2, -0.15) is 0 Å². The van der Waals surface area contributed by atoms with Gasteiger partial charge in [0.05, 0.1) is 0 Å². The summed E-state index contributed by atoms with van der Waals surface area (Å²) in [5.41, 5.74) is 3.97. The molecule has 2 aromatic carbocycles. The van der Waals surface area contributed by atoms with Crippen molar-refractivity contribution < 1.29 is 4.79 Å². The SMILES string of the molecule is CN(C)C1Cc2ccccc2N(C(=O)c2cccc(-n3cccc3)c2)C1. The Kier molecular flexibility index (Phi) is 4.35. The van der Waals surface area contributed by atoms with Crippen molar-refractivity contribution in [1.29, 1.82) is 0 Å². The van der Waals surface area contributed by atoms with Gasteiger partial charge in [-0.1, -0.05) is 24.3 Å². The number of carbonyl (C=O) groups is 1. The Balaban J connectivity index is 1.70. The summed E-state index contributed by atoms with van der Waals surface area (Å²) in [7, 11) is 4.15. The van der Waals surface area contributed by atoms with E-state index in [1.807, 2.05) is 70.4 Å². The molecule has 3 aromatic rings. The van der Waals surface area contributed by atoms with Crippen LogP contribution in [0.1, 0.15) is 15.9 Å². The summed E-state index contributed by atoms with van der Waals surface area (Å²) in [6.45, 7) is 0.705. The maximum Gasteiger partial charge on any atom is 0.258 e. The van der Waals surface area contributed by atoms with Crippen molar-refractivity contribution in [1.82, 2.24) is 9.47 Å². The molecule has 26 heavy (non-hydrogen) atoms. The molecular weight excluding hydrogens is 322 g/mol. The molecule has 0 spiro atoms. The molecule has 4 rings (SSSR count). The minimum absolute atomic E-state index is 0.0537. The Bertz CT molecular complexity index is 915. The van der Waals surface area contributed by atoms with Crippen molar-refractivity contribution >= 4 is 11.6 Å². The van der Waals surface area contributed by atoms with Crippen molar-refractivity contribution in [3.8, 4) is 5.69 Å². The highest BCUT2D eigenvalue weighted by atomic mass is 16.2. The number of likely N-dealkylation sites (N-methyl/N-ethyl adjacent to an activating group) is 1. The van der Waals surface area contributed by atoms with E-state index in [-0.39, 0.29) is 5.91 Å². The van der Waals surface area contributed by atoms with Gasteiger partial charge < -0.3 is 14.4 Å². The molecule has 0 saturated carbocycles. The number of hydrogen-bond acceptors (Lipinski definition) is 2. The summed E-state index contributed by atoms with van der Waals surface area (Å²) in [4.78, 5) is 17.5. The summed E-state index contributed by atoms with van der Waals surface area (Å²) in [5.74, 6) is 0.0537. The normalized spacial score (nSPS) is 16.6. The fourth-order valence-corrected chi connectivity index (χ4v) is 3.57. The van der Waals surface area contributed by atoms with Crippen LogP contribution in [0.5, 0.6) is 0 Å². The number of para-hydroxylation sites is 1. The number of carbonyl (C=O) groups excluding carboxylic acids is 1. The van der Waals surface area contributed by atoms with E-state index in [1.165, 1.54) is 5.56 Å². The number of rotatable bonds is 3. The summed E-state index contributed by atoms with van der Waals surface area (Å²) in [6, 6.07) is 20.3. The number of benzene rings is 2. The maximum absolute atomic E-state index is 13.4. The molecule has 0 radical (unpaired) electrons. The van der Waals surface area contributed by atoms with Gasteiger partial charge >= 0.3 is 0 Å². The van der Waals surface area contributed by atoms with Gasteiger partial charge in [0.15, 0.2) is 0 Å². The first-order valence-electron chi connectivity index (χ1n) is 8.93. The highest BCUT2D eigenvalue weighted by Crippen LogP contribution is 2.30. The molecule has 0 N–H and O–H groups in total. The van der Waals surface area contributed by atoms with Gasteiger partial charge in [-0.25, -0.2) is 0 Å². The molecule has 4 nitrogen and oxygen atoms in total. The first-order chi connectivity index (χ1) is 12.6. The molecule has 1 amide bonds. The number of amides is 1. The van der Waals surface area contributed by atoms with Gasteiger partial charge in [0.1, 0.15) is 0 Å². The van der Waals surface area contributed by atoms with Gasteiger partial charge in [0.25, 0.3) is 5.91 Å². The molecule has 1 unspecified atom stereocenters. The number of aromatic nitrogens is 1. The summed E-state index contributed by atoms with van der Waals surface area (Å²) >= 11 is 0. The molecule has 0 saturated heterocycles. The van der Waals surface area contributed by atoms with Crippen molar-refractivity contribution in [2.24, 2.45) is 0 Å². The molecule has 1 aliphatic rings. The van der Waals surface area contributed by atoms with Gasteiger partial charge in [0, 0.05) is 41.9 Å². The van der Waals surface area contributed by atoms with Crippen LogP contribution in [-0.4, -0.2) is 42.1 Å². The average molecular weight is 345 g/mol. The van der Waals surface area contributed by atoms with E-state index in [0.29, 0.717) is 18.2 Å². The lowest BCUT2D eigenvalue weighted by atomic mass is 9.96. The van der Waals surface area contributed by atoms with E-state index in [0.717, 1.165) is 17.8 Å². The van der Waals surface area contributed by atoms with Crippen molar-refractivity contribution in [3.63, 3.8) is 0 Å². The number of nitrogens with zero attached hydrogens (tertiary/aromatic N) is 3. The number of hydrogen-bond donors (Lipinski definition) is 0. The molecule has 1 atom stereocenters. The van der Waals surface area contributed by atoms with Gasteiger partial charge in [0.2, 0.25) is 0 Å². The minimum atomic E-state index is 0.0537. The zero-order valence-corrected chi connectivity index (χ0v) is 15.2. The first kappa shape index (κ1) is 16.6. The molecular formula is C22H23N3O. The Morgan fingerprint density at radius 1 is 1.00 bits per heavy atom. The van der Waals surface area contributed by atoms with Gasteiger partial charge in [-0.15, -0.1) is 0 Å². The zero-order chi connectivity index (χ0) is 18.1. The second kappa shape index (κ2) is 6.81. The smallest absolute Gasteiger partial charge is 0.258 e. The fourth-order valence-electron chi connectivity index (χ4n) is 3.57. The first-order valence-corrected chi connectivity index (χ1v) is 8.93. The lowest BCUT2D eigenvalue weighted by Gasteiger charge is -2.37. The lowest BCUT2D eigenvalue weighted by Crippen LogP contribution is -2.48. The predicted molar refractivity (Wildman–Crippen MR) is 105 cm³/mol. The van der Waals surface area contributed by atoms with Crippen LogP contribution in [0.2, 0.25) is 0 Å². The van der Waals surface area contributed by atoms with Crippen LogP contribution in [0.15, 0.2) is 73.1 Å². The van der Waals surface area contributed by atoms with E-state index in [4.69, 9.17) is 0 Å². The van der Waals surface area contributed by atoms with Crippen LogP contribution in [-0.2, 0) is 6.42 Å². The molecule has 1 aromatic heterocycles. The van der Waals surface area contributed by atoms with E-state index in [1.54, 1.807) is 0 Å². The molecule has 0 aliphatic carbocycles. The van der Waals surface area contributed by atoms with Gasteiger partial charge in [-0.05, 0) is 62.5 Å². The van der Waals surface area contributed by atoms with E-state index in [9.17, 15) is 4.79 Å². The predicted octanol–water partition coefficient (Wildman–Crippen LogP) is 3.61. The molecule has 1 aliphatic heterocycles. The monoisotopic (exact) mass is 345 g/mol. The third-order valence-electron chi connectivity index (χ3n) is 5.10. The quantitative estimate of drug-likeness (QED) is 0.725. The standard InChI is InChI=1S/C22H23N3O/c1-23(2)20-14-17-8-3-4-11-21(17)25(16-20)22(26)18-9-7-10-19(15-18)24-12-5-6-13-24/h3-13,15,20H,14,16H2,1-2H3. The largest absolute Gasteiger partial charge is 0.324 e. The fraction of sp³-hybridized carbons (Fsp3) is 0.227. The highest BCUT2D eigenvalue weighted by molar-refractivity contribution is 6.07. The van der Waals surface area contributed by atoms with Crippen LogP contribution in [0.25, 0.3) is 5.69 Å². The minimum Gasteiger partial charge on any atom is -0.324 e. The van der Waals surface area contributed by atoms with Crippen molar-refractivity contribution in [3.05, 3.63) is 84.2 Å². The molecule has 2 heterocycles. The van der Waals surface area contributed by atoms with Crippen LogP contribution in [0, 0.1) is 0 Å². The second-order valence-electron chi connectivity index (χ2n) is 7.01. The van der Waals surface area contributed by atoms with Crippen LogP contribution >= 0.6 is 0 Å². The Morgan fingerprint density at radius 2 is 1.77 bits per heavy atom. The maximum atomic E-state index is 13.4. The summed E-state index contributed by atoms with van der Waals surface area (Å²) in [5, 5.41) is 0. The average Bonchev–Trinajstić information content (AvgIpc) is 3.21. The zero-order valence-electron chi connectivity index (χ0n) is 15.2. The number of anilines is 1. The molecule has 0 bridgehead atoms. The van der Waals surface area contributed by atoms with Crippen molar-refractivity contribution in [2.75, 3.05) is 25.5 Å². The Hall–Kier alpha value is -2.85. The summed E-state index contributed by atoms with van der Waals surface area (Å²) in [6.07, 6.45) is 4.94. The molecule has 4 heteroatoms. The molecule has 0 fully saturated rings. The Morgan fingerprint density at radius 3 is 2.54 bits per heavy atom. The molecule has 132 valence electrons. The highest BCUT2D eigenvalue weighted by Gasteiger charge is 2.30. The van der Waals surface area contributed by atoms with E-state index < -0.39 is 0 Å². The Labute approximate surface area is 154 Å². The van der Waals surface area contributed by atoms with E-state index >= 15 is 0 Å². The van der Waals surface area contributed by atoms with Crippen LogP contribution in [0.3, 0.4) is 0 Å². The van der Waals surface area contributed by atoms with E-state index in [2.05, 4.69) is 31.1 Å².